The molecule has 3 heteroatoms. The quantitative estimate of drug-likeness (QED) is 0.606. The summed E-state index contributed by atoms with van der Waals surface area (Å²) in [5.74, 6) is 0. The molecule has 1 aromatic rings. The van der Waals surface area contributed by atoms with Crippen molar-refractivity contribution in [1.82, 2.24) is 0 Å². The maximum absolute atomic E-state index is 12.4. The SMILES string of the molecule is C#C[P@@]1(=O)O[C@@H](Cc2ccccc2)CC=C1C=C. The molecule has 0 unspecified atom stereocenters. The van der Waals surface area contributed by atoms with Crippen LogP contribution in [-0.2, 0) is 15.5 Å². The van der Waals surface area contributed by atoms with Crippen molar-refractivity contribution in [3.63, 3.8) is 0 Å². The lowest BCUT2D eigenvalue weighted by molar-refractivity contribution is 0.210. The van der Waals surface area contributed by atoms with Gasteiger partial charge in [0.2, 0.25) is 0 Å². The Hall–Kier alpha value is -1.55. The third kappa shape index (κ3) is 2.64. The number of benzene rings is 1. The Bertz CT molecular complexity index is 552. The fourth-order valence-corrected chi connectivity index (χ4v) is 3.49. The Morgan fingerprint density at radius 3 is 2.83 bits per heavy atom. The van der Waals surface area contributed by atoms with E-state index in [9.17, 15) is 4.57 Å². The summed E-state index contributed by atoms with van der Waals surface area (Å²) in [6.45, 7) is 3.62. The molecule has 1 heterocycles. The van der Waals surface area contributed by atoms with Crippen molar-refractivity contribution in [1.29, 1.82) is 0 Å². The predicted octanol–water partition coefficient (Wildman–Crippen LogP) is 3.96. The number of allylic oxidation sites excluding steroid dienone is 2. The van der Waals surface area contributed by atoms with E-state index in [0.717, 1.165) is 5.56 Å². The van der Waals surface area contributed by atoms with Crippen LogP contribution in [0.5, 0.6) is 0 Å². The van der Waals surface area contributed by atoms with Gasteiger partial charge in [0.05, 0.1) is 6.10 Å². The van der Waals surface area contributed by atoms with Crippen molar-refractivity contribution in [2.45, 2.75) is 18.9 Å². The molecule has 0 amide bonds. The standard InChI is InChI=1S/C15H15O2P/c1-3-15-11-10-14(17-18(15,16)4-2)12-13-8-6-5-7-9-13/h2-3,5-9,11,14H,1,10,12H2/t14-,18-/m1/s1. The summed E-state index contributed by atoms with van der Waals surface area (Å²) < 4.78 is 18.0. The molecule has 0 bridgehead atoms. The van der Waals surface area contributed by atoms with Gasteiger partial charge in [-0.05, 0) is 24.1 Å². The topological polar surface area (TPSA) is 26.3 Å². The summed E-state index contributed by atoms with van der Waals surface area (Å²) in [5.41, 5.74) is 3.45. The second-order valence-corrected chi connectivity index (χ2v) is 6.25. The van der Waals surface area contributed by atoms with Gasteiger partial charge in [-0.1, -0.05) is 49.1 Å². The summed E-state index contributed by atoms with van der Waals surface area (Å²) in [5, 5.41) is 0.550. The highest BCUT2D eigenvalue weighted by Crippen LogP contribution is 2.58. The zero-order valence-electron chi connectivity index (χ0n) is 10.1. The van der Waals surface area contributed by atoms with Crippen molar-refractivity contribution < 1.29 is 9.09 Å². The lowest BCUT2D eigenvalue weighted by Gasteiger charge is -2.26. The van der Waals surface area contributed by atoms with Crippen LogP contribution in [0.3, 0.4) is 0 Å². The van der Waals surface area contributed by atoms with Gasteiger partial charge >= 0.3 is 7.37 Å². The van der Waals surface area contributed by atoms with Crippen LogP contribution in [0, 0.1) is 12.1 Å². The van der Waals surface area contributed by atoms with Crippen LogP contribution in [-0.4, -0.2) is 6.10 Å². The van der Waals surface area contributed by atoms with Crippen LogP contribution >= 0.6 is 7.37 Å². The molecule has 0 N–H and O–H groups in total. The molecule has 2 nitrogen and oxygen atoms in total. The average molecular weight is 258 g/mol. The minimum Gasteiger partial charge on any atom is -0.312 e. The van der Waals surface area contributed by atoms with Crippen LogP contribution in [0.4, 0.5) is 0 Å². The summed E-state index contributed by atoms with van der Waals surface area (Å²) in [7, 11) is -3.13. The van der Waals surface area contributed by atoms with Gasteiger partial charge in [0.25, 0.3) is 0 Å². The van der Waals surface area contributed by atoms with E-state index < -0.39 is 7.37 Å². The molecule has 1 aromatic carbocycles. The minimum absolute atomic E-state index is 0.127. The highest BCUT2D eigenvalue weighted by atomic mass is 31.2. The molecule has 0 spiro atoms. The van der Waals surface area contributed by atoms with E-state index in [1.165, 1.54) is 6.08 Å². The molecule has 92 valence electrons. The smallest absolute Gasteiger partial charge is 0.302 e. The fourth-order valence-electron chi connectivity index (χ4n) is 1.99. The molecule has 0 saturated carbocycles. The Labute approximate surface area is 108 Å². The molecule has 2 atom stereocenters. The minimum atomic E-state index is -3.13. The zero-order chi connectivity index (χ0) is 13.0. The lowest BCUT2D eigenvalue weighted by atomic mass is 10.1. The van der Waals surface area contributed by atoms with Crippen molar-refractivity contribution in [2.24, 2.45) is 0 Å². The maximum Gasteiger partial charge on any atom is 0.302 e. The van der Waals surface area contributed by atoms with E-state index in [-0.39, 0.29) is 6.10 Å². The fraction of sp³-hybridized carbons (Fsp3) is 0.200. The molecule has 0 radical (unpaired) electrons. The second kappa shape index (κ2) is 5.40. The molecule has 18 heavy (non-hydrogen) atoms. The van der Waals surface area contributed by atoms with Gasteiger partial charge < -0.3 is 4.52 Å². The molecular formula is C15H15O2P. The van der Waals surface area contributed by atoms with Crippen molar-refractivity contribution in [3.05, 3.63) is 59.9 Å². The van der Waals surface area contributed by atoms with Gasteiger partial charge in [-0.15, -0.1) is 6.42 Å². The normalized spacial score (nSPS) is 27.1. The molecular weight excluding hydrogens is 243 g/mol. The number of hydrogen-bond donors (Lipinski definition) is 0. The van der Waals surface area contributed by atoms with Gasteiger partial charge in [-0.3, -0.25) is 4.57 Å². The summed E-state index contributed by atoms with van der Waals surface area (Å²) in [6, 6.07) is 9.97. The van der Waals surface area contributed by atoms with E-state index in [2.05, 4.69) is 12.2 Å². The number of terminal acetylenes is 1. The molecule has 0 fully saturated rings. The largest absolute Gasteiger partial charge is 0.312 e. The number of rotatable bonds is 3. The van der Waals surface area contributed by atoms with Crippen molar-refractivity contribution in [3.8, 4) is 12.1 Å². The molecule has 1 aliphatic heterocycles. The Kier molecular flexibility index (Phi) is 3.87. The second-order valence-electron chi connectivity index (χ2n) is 4.17. The molecule has 2 rings (SSSR count). The molecule has 0 saturated heterocycles. The summed E-state index contributed by atoms with van der Waals surface area (Å²) in [4.78, 5) is 0. The highest BCUT2D eigenvalue weighted by molar-refractivity contribution is 7.68. The molecule has 0 aliphatic carbocycles. The first kappa shape index (κ1) is 12.9. The Morgan fingerprint density at radius 1 is 1.50 bits per heavy atom. The predicted molar refractivity (Wildman–Crippen MR) is 74.4 cm³/mol. The van der Waals surface area contributed by atoms with E-state index in [0.29, 0.717) is 18.2 Å². The first-order valence-corrected chi connectivity index (χ1v) is 7.44. The van der Waals surface area contributed by atoms with Crippen LogP contribution in [0.25, 0.3) is 0 Å². The van der Waals surface area contributed by atoms with Crippen LogP contribution in [0.15, 0.2) is 54.4 Å². The monoisotopic (exact) mass is 258 g/mol. The average Bonchev–Trinajstić information content (AvgIpc) is 2.40. The van der Waals surface area contributed by atoms with Gasteiger partial charge in [-0.2, -0.15) is 0 Å². The number of hydrogen-bond acceptors (Lipinski definition) is 2. The third-order valence-electron chi connectivity index (χ3n) is 2.91. The van der Waals surface area contributed by atoms with Crippen LogP contribution in [0.1, 0.15) is 12.0 Å². The van der Waals surface area contributed by atoms with Gasteiger partial charge in [0.1, 0.15) is 0 Å². The van der Waals surface area contributed by atoms with Crippen LogP contribution in [0.2, 0.25) is 0 Å². The van der Waals surface area contributed by atoms with Gasteiger partial charge in [0.15, 0.2) is 0 Å². The van der Waals surface area contributed by atoms with Gasteiger partial charge in [-0.25, -0.2) is 0 Å². The zero-order valence-corrected chi connectivity index (χ0v) is 11.0. The highest BCUT2D eigenvalue weighted by Gasteiger charge is 2.32. The lowest BCUT2D eigenvalue weighted by Crippen LogP contribution is -2.17. The third-order valence-corrected chi connectivity index (χ3v) is 4.89. The first-order chi connectivity index (χ1) is 8.68. The van der Waals surface area contributed by atoms with Crippen molar-refractivity contribution in [2.75, 3.05) is 0 Å². The molecule has 0 aromatic heterocycles. The van der Waals surface area contributed by atoms with Gasteiger partial charge in [0, 0.05) is 5.31 Å². The Balaban J connectivity index is 2.16. The van der Waals surface area contributed by atoms with E-state index in [1.807, 2.05) is 36.4 Å². The van der Waals surface area contributed by atoms with E-state index in [4.69, 9.17) is 10.9 Å². The first-order valence-electron chi connectivity index (χ1n) is 5.81. The van der Waals surface area contributed by atoms with E-state index in [1.54, 1.807) is 0 Å². The van der Waals surface area contributed by atoms with E-state index >= 15 is 0 Å². The van der Waals surface area contributed by atoms with Crippen molar-refractivity contribution >= 4 is 7.37 Å². The molecule has 1 aliphatic rings. The summed E-state index contributed by atoms with van der Waals surface area (Å²) >= 11 is 0. The summed E-state index contributed by atoms with van der Waals surface area (Å²) in [6.07, 6.45) is 10.0. The Morgan fingerprint density at radius 2 is 2.22 bits per heavy atom. The van der Waals surface area contributed by atoms with Crippen LogP contribution < -0.4 is 0 Å². The maximum atomic E-state index is 12.4.